The normalized spacial score (nSPS) is 14.5. The van der Waals surface area contributed by atoms with Gasteiger partial charge in [-0.25, -0.2) is 8.42 Å². The van der Waals surface area contributed by atoms with E-state index in [1.807, 2.05) is 0 Å². The molecule has 0 aliphatic rings. The Labute approximate surface area is 128 Å². The predicted molar refractivity (Wildman–Crippen MR) is 78.9 cm³/mol. The van der Waals surface area contributed by atoms with Crippen LogP contribution in [0.2, 0.25) is 0 Å². The lowest BCUT2D eigenvalue weighted by Crippen LogP contribution is -2.46. The zero-order valence-electron chi connectivity index (χ0n) is 12.5. The number of hydrogen-bond donors (Lipinski definition) is 1. The Morgan fingerprint density at radius 3 is 2.23 bits per heavy atom. The number of hydrogen-bond acceptors (Lipinski definition) is 5. The van der Waals surface area contributed by atoms with Gasteiger partial charge in [-0.05, 0) is 18.1 Å². The fourth-order valence-electron chi connectivity index (χ4n) is 2.04. The van der Waals surface area contributed by atoms with Crippen molar-refractivity contribution >= 4 is 21.7 Å². The van der Waals surface area contributed by atoms with Crippen molar-refractivity contribution in [3.63, 3.8) is 0 Å². The minimum absolute atomic E-state index is 0.185. The third-order valence-corrected chi connectivity index (χ3v) is 5.41. The van der Waals surface area contributed by atoms with Gasteiger partial charge in [0.15, 0.2) is 0 Å². The van der Waals surface area contributed by atoms with E-state index in [1.54, 1.807) is 13.8 Å². The molecule has 0 saturated heterocycles. The van der Waals surface area contributed by atoms with Crippen LogP contribution in [0.3, 0.4) is 0 Å². The zero-order valence-corrected chi connectivity index (χ0v) is 13.3. The first kappa shape index (κ1) is 18.1. The van der Waals surface area contributed by atoms with E-state index in [0.29, 0.717) is 6.42 Å². The van der Waals surface area contributed by atoms with Crippen LogP contribution in [0.25, 0.3) is 0 Å². The number of rotatable bonds is 7. The van der Waals surface area contributed by atoms with Gasteiger partial charge in [-0.2, -0.15) is 4.31 Å². The molecule has 22 heavy (non-hydrogen) atoms. The Bertz CT molecular complexity index is 656. The van der Waals surface area contributed by atoms with Gasteiger partial charge >= 0.3 is 5.97 Å². The summed E-state index contributed by atoms with van der Waals surface area (Å²) >= 11 is 0. The van der Waals surface area contributed by atoms with Crippen LogP contribution >= 0.6 is 0 Å². The van der Waals surface area contributed by atoms with E-state index in [0.717, 1.165) is 28.6 Å². The molecule has 0 amide bonds. The van der Waals surface area contributed by atoms with E-state index in [9.17, 15) is 28.4 Å². The van der Waals surface area contributed by atoms with Gasteiger partial charge in [0, 0.05) is 19.2 Å². The van der Waals surface area contributed by atoms with Crippen molar-refractivity contribution in [2.45, 2.75) is 31.2 Å². The van der Waals surface area contributed by atoms with Gasteiger partial charge in [0.05, 0.1) is 9.82 Å². The van der Waals surface area contributed by atoms with E-state index in [1.165, 1.54) is 7.05 Å². The summed E-state index contributed by atoms with van der Waals surface area (Å²) in [6.45, 7) is 3.42. The van der Waals surface area contributed by atoms with Crippen molar-refractivity contribution in [3.05, 3.63) is 34.4 Å². The summed E-state index contributed by atoms with van der Waals surface area (Å²) in [5.74, 6) is -1.61. The highest BCUT2D eigenvalue weighted by Gasteiger charge is 2.36. The van der Waals surface area contributed by atoms with Gasteiger partial charge in [0.25, 0.3) is 5.69 Å². The second kappa shape index (κ2) is 6.84. The maximum atomic E-state index is 12.5. The first-order valence-corrected chi connectivity index (χ1v) is 8.02. The summed E-state index contributed by atoms with van der Waals surface area (Å²) in [4.78, 5) is 21.1. The van der Waals surface area contributed by atoms with Crippen molar-refractivity contribution in [2.75, 3.05) is 7.05 Å². The first-order chi connectivity index (χ1) is 10.1. The molecular formula is C13H18N2O6S. The molecule has 9 heteroatoms. The van der Waals surface area contributed by atoms with E-state index >= 15 is 0 Å². The molecule has 1 rings (SSSR count). The number of carboxylic acid groups (broad SMARTS) is 1. The third kappa shape index (κ3) is 3.60. The Morgan fingerprint density at radius 1 is 1.36 bits per heavy atom. The second-order valence-corrected chi connectivity index (χ2v) is 6.94. The summed E-state index contributed by atoms with van der Waals surface area (Å²) < 4.78 is 25.7. The fourth-order valence-corrected chi connectivity index (χ4v) is 3.45. The molecule has 2 atom stereocenters. The molecule has 0 fully saturated rings. The van der Waals surface area contributed by atoms with E-state index < -0.39 is 27.0 Å². The van der Waals surface area contributed by atoms with Gasteiger partial charge < -0.3 is 5.11 Å². The van der Waals surface area contributed by atoms with Gasteiger partial charge in [-0.15, -0.1) is 0 Å². The Hall–Kier alpha value is -2.00. The second-order valence-electron chi connectivity index (χ2n) is 4.94. The lowest BCUT2D eigenvalue weighted by Gasteiger charge is -2.28. The minimum Gasteiger partial charge on any atom is -0.480 e. The van der Waals surface area contributed by atoms with Crippen molar-refractivity contribution in [1.29, 1.82) is 0 Å². The quantitative estimate of drug-likeness (QED) is 0.600. The predicted octanol–water partition coefficient (Wildman–Crippen LogP) is 1.71. The molecule has 0 bridgehead atoms. The van der Waals surface area contributed by atoms with Gasteiger partial charge in [-0.1, -0.05) is 20.3 Å². The molecular weight excluding hydrogens is 312 g/mol. The lowest BCUT2D eigenvalue weighted by molar-refractivity contribution is -0.384. The molecule has 1 N–H and O–H groups in total. The lowest BCUT2D eigenvalue weighted by atomic mass is 10.00. The van der Waals surface area contributed by atoms with Crippen LogP contribution in [0, 0.1) is 16.0 Å². The Kier molecular flexibility index (Phi) is 5.61. The number of sulfonamides is 1. The Balaban J connectivity index is 3.21. The molecule has 0 aliphatic carbocycles. The molecule has 122 valence electrons. The van der Waals surface area contributed by atoms with Crippen LogP contribution in [0.5, 0.6) is 0 Å². The molecule has 1 unspecified atom stereocenters. The summed E-state index contributed by atoms with van der Waals surface area (Å²) in [5.41, 5.74) is -0.238. The molecule has 8 nitrogen and oxygen atoms in total. The number of benzene rings is 1. The maximum Gasteiger partial charge on any atom is 0.322 e. The highest BCUT2D eigenvalue weighted by Crippen LogP contribution is 2.23. The molecule has 0 aromatic heterocycles. The monoisotopic (exact) mass is 330 g/mol. The summed E-state index contributed by atoms with van der Waals surface area (Å²) in [7, 11) is -2.85. The average molecular weight is 330 g/mol. The number of non-ortho nitro benzene ring substituents is 1. The zero-order chi connectivity index (χ0) is 17.1. The van der Waals surface area contributed by atoms with Crippen LogP contribution in [0.1, 0.15) is 20.3 Å². The smallest absolute Gasteiger partial charge is 0.322 e. The molecule has 0 radical (unpaired) electrons. The van der Waals surface area contributed by atoms with Crippen molar-refractivity contribution in [1.82, 2.24) is 4.31 Å². The highest BCUT2D eigenvalue weighted by molar-refractivity contribution is 7.89. The van der Waals surface area contributed by atoms with Crippen molar-refractivity contribution in [2.24, 2.45) is 5.92 Å². The number of carboxylic acids is 1. The van der Waals surface area contributed by atoms with Crippen LogP contribution in [0.4, 0.5) is 5.69 Å². The SMILES string of the molecule is CCC(C)[C@@H](C(=O)O)N(C)S(=O)(=O)c1ccc([N+](=O)[O-])cc1. The largest absolute Gasteiger partial charge is 0.480 e. The minimum atomic E-state index is -4.05. The summed E-state index contributed by atoms with van der Waals surface area (Å²) in [6, 6.07) is 3.13. The molecule has 0 heterocycles. The highest BCUT2D eigenvalue weighted by atomic mass is 32.2. The molecule has 0 spiro atoms. The van der Waals surface area contributed by atoms with E-state index in [2.05, 4.69) is 0 Å². The number of carbonyl (C=O) groups is 1. The topological polar surface area (TPSA) is 118 Å². The Morgan fingerprint density at radius 2 is 1.86 bits per heavy atom. The van der Waals surface area contributed by atoms with Crippen molar-refractivity contribution < 1.29 is 23.2 Å². The average Bonchev–Trinajstić information content (AvgIpc) is 2.46. The number of nitrogens with zero attached hydrogens (tertiary/aromatic N) is 2. The van der Waals surface area contributed by atoms with E-state index in [-0.39, 0.29) is 16.5 Å². The fraction of sp³-hybridized carbons (Fsp3) is 0.462. The van der Waals surface area contributed by atoms with Gasteiger partial charge in [0.1, 0.15) is 6.04 Å². The van der Waals surface area contributed by atoms with Crippen LogP contribution in [0.15, 0.2) is 29.2 Å². The van der Waals surface area contributed by atoms with Gasteiger partial charge in [-0.3, -0.25) is 14.9 Å². The van der Waals surface area contributed by atoms with Gasteiger partial charge in [0.2, 0.25) is 10.0 Å². The number of likely N-dealkylation sites (N-methyl/N-ethyl adjacent to an activating group) is 1. The molecule has 1 aromatic rings. The van der Waals surface area contributed by atoms with E-state index in [4.69, 9.17) is 0 Å². The first-order valence-electron chi connectivity index (χ1n) is 6.58. The third-order valence-electron chi connectivity index (χ3n) is 3.55. The summed E-state index contributed by atoms with van der Waals surface area (Å²) in [6.07, 6.45) is 0.497. The molecule has 0 aliphatic heterocycles. The van der Waals surface area contributed by atoms with Crippen LogP contribution in [-0.4, -0.2) is 41.8 Å². The maximum absolute atomic E-state index is 12.5. The number of nitro groups is 1. The van der Waals surface area contributed by atoms with Crippen LogP contribution < -0.4 is 0 Å². The molecule has 1 aromatic carbocycles. The number of aliphatic carboxylic acids is 1. The standard InChI is InChI=1S/C13H18N2O6S/c1-4-9(2)12(13(16)17)14(3)22(20,21)11-7-5-10(6-8-11)15(18)19/h5-9,12H,4H2,1-3H3,(H,16,17)/t9?,12-/m0/s1. The van der Waals surface area contributed by atoms with Crippen LogP contribution in [-0.2, 0) is 14.8 Å². The number of nitro benzene ring substituents is 1. The summed E-state index contributed by atoms with van der Waals surface area (Å²) in [5, 5.41) is 19.9. The molecule has 0 saturated carbocycles. The van der Waals surface area contributed by atoms with Crippen molar-refractivity contribution in [3.8, 4) is 0 Å².